The Hall–Kier alpha value is -3.60. The Morgan fingerprint density at radius 2 is 1.93 bits per heavy atom. The van der Waals surface area contributed by atoms with Crippen LogP contribution in [-0.4, -0.2) is 22.5 Å². The number of benzene rings is 2. The first-order valence-corrected chi connectivity index (χ1v) is 9.71. The molecule has 4 aromatic rings. The highest BCUT2D eigenvalue weighted by atomic mass is 16.5. The number of para-hydroxylation sites is 1. The normalized spacial score (nSPS) is 18.1. The number of amides is 1. The maximum atomic E-state index is 13.4. The molecule has 5 rings (SSSR count). The molecule has 2 aromatic carbocycles. The van der Waals surface area contributed by atoms with Crippen molar-refractivity contribution in [2.45, 2.75) is 18.9 Å². The average molecular weight is 383 g/mol. The van der Waals surface area contributed by atoms with Gasteiger partial charge in [-0.15, -0.1) is 0 Å². The van der Waals surface area contributed by atoms with Crippen molar-refractivity contribution in [1.82, 2.24) is 15.3 Å². The predicted molar refractivity (Wildman–Crippen MR) is 112 cm³/mol. The second kappa shape index (κ2) is 6.78. The van der Waals surface area contributed by atoms with Crippen molar-refractivity contribution in [2.24, 2.45) is 0 Å². The van der Waals surface area contributed by atoms with Crippen molar-refractivity contribution in [3.8, 4) is 5.75 Å². The van der Waals surface area contributed by atoms with Gasteiger partial charge in [-0.25, -0.2) is 0 Å². The second-order valence-corrected chi connectivity index (χ2v) is 7.42. The van der Waals surface area contributed by atoms with Gasteiger partial charge < -0.3 is 15.0 Å². The summed E-state index contributed by atoms with van der Waals surface area (Å²) in [6.45, 7) is 2.55. The van der Waals surface area contributed by atoms with Gasteiger partial charge in [-0.05, 0) is 30.7 Å². The van der Waals surface area contributed by atoms with E-state index in [1.807, 2.05) is 36.4 Å². The van der Waals surface area contributed by atoms with E-state index in [0.717, 1.165) is 22.2 Å². The van der Waals surface area contributed by atoms with Crippen LogP contribution >= 0.6 is 0 Å². The van der Waals surface area contributed by atoms with E-state index in [9.17, 15) is 4.79 Å². The van der Waals surface area contributed by atoms with Gasteiger partial charge in [0.15, 0.2) is 0 Å². The summed E-state index contributed by atoms with van der Waals surface area (Å²) in [4.78, 5) is 21.2. The number of carbonyl (C=O) groups excluding carboxylic acids is 1. The minimum absolute atomic E-state index is 0.137. The third-order valence-electron chi connectivity index (χ3n) is 5.61. The number of nitrogens with zero attached hydrogens (tertiary/aromatic N) is 1. The summed E-state index contributed by atoms with van der Waals surface area (Å²) in [6, 6.07) is 19.8. The number of rotatable bonds is 3. The van der Waals surface area contributed by atoms with Crippen molar-refractivity contribution in [1.29, 1.82) is 0 Å². The number of pyridine rings is 1. The lowest BCUT2D eigenvalue weighted by Gasteiger charge is -2.39. The number of carbonyl (C=O) groups is 1. The number of fused-ring (bicyclic) bond motifs is 2. The van der Waals surface area contributed by atoms with Crippen molar-refractivity contribution in [3.05, 3.63) is 95.4 Å². The van der Waals surface area contributed by atoms with Gasteiger partial charge in [0, 0.05) is 29.7 Å². The van der Waals surface area contributed by atoms with Crippen LogP contribution in [0.3, 0.4) is 0 Å². The first-order chi connectivity index (χ1) is 14.2. The van der Waals surface area contributed by atoms with Crippen molar-refractivity contribution in [2.75, 3.05) is 6.61 Å². The van der Waals surface area contributed by atoms with Crippen LogP contribution in [0.15, 0.2) is 73.1 Å². The maximum Gasteiger partial charge on any atom is 0.254 e. The molecule has 0 saturated carbocycles. The SMILES string of the molecule is Cc1ccc([C@@]2(NC(=O)c3c[nH]c4ccccc34)CCOc3cccnc32)cc1. The molecule has 2 N–H and O–H groups in total. The monoisotopic (exact) mass is 383 g/mol. The van der Waals surface area contributed by atoms with Crippen LogP contribution in [0.1, 0.15) is 33.6 Å². The van der Waals surface area contributed by atoms with Crippen LogP contribution in [0.2, 0.25) is 0 Å². The zero-order valence-corrected chi connectivity index (χ0v) is 16.1. The van der Waals surface area contributed by atoms with Crippen LogP contribution in [0, 0.1) is 6.92 Å². The molecule has 2 aromatic heterocycles. The summed E-state index contributed by atoms with van der Waals surface area (Å²) in [5.41, 5.74) is 3.71. The highest BCUT2D eigenvalue weighted by Gasteiger charge is 2.42. The molecule has 5 heteroatoms. The van der Waals surface area contributed by atoms with E-state index in [0.29, 0.717) is 24.3 Å². The van der Waals surface area contributed by atoms with E-state index < -0.39 is 5.54 Å². The maximum absolute atomic E-state index is 13.4. The number of nitrogens with one attached hydrogen (secondary N) is 2. The topological polar surface area (TPSA) is 67.0 Å². The fourth-order valence-electron chi connectivity index (χ4n) is 4.09. The summed E-state index contributed by atoms with van der Waals surface area (Å²) in [6.07, 6.45) is 4.12. The number of aromatic nitrogens is 2. The number of aryl methyl sites for hydroxylation is 1. The van der Waals surface area contributed by atoms with Gasteiger partial charge in [-0.1, -0.05) is 48.0 Å². The van der Waals surface area contributed by atoms with Gasteiger partial charge in [0.1, 0.15) is 17.0 Å². The molecule has 0 aliphatic carbocycles. The summed E-state index contributed by atoms with van der Waals surface area (Å²) >= 11 is 0. The first-order valence-electron chi connectivity index (χ1n) is 9.71. The van der Waals surface area contributed by atoms with Crippen molar-refractivity contribution in [3.63, 3.8) is 0 Å². The molecule has 0 radical (unpaired) electrons. The molecule has 0 saturated heterocycles. The second-order valence-electron chi connectivity index (χ2n) is 7.42. The van der Waals surface area contributed by atoms with Crippen LogP contribution in [0.25, 0.3) is 10.9 Å². The molecule has 1 aliphatic rings. The third kappa shape index (κ3) is 2.86. The van der Waals surface area contributed by atoms with Gasteiger partial charge in [-0.2, -0.15) is 0 Å². The van der Waals surface area contributed by atoms with Gasteiger partial charge in [-0.3, -0.25) is 9.78 Å². The molecular formula is C24H21N3O2. The lowest BCUT2D eigenvalue weighted by atomic mass is 9.81. The minimum atomic E-state index is -0.752. The first kappa shape index (κ1) is 17.5. The van der Waals surface area contributed by atoms with E-state index >= 15 is 0 Å². The molecule has 144 valence electrons. The molecule has 0 spiro atoms. The number of aromatic amines is 1. The molecule has 0 bridgehead atoms. The smallest absolute Gasteiger partial charge is 0.254 e. The van der Waals surface area contributed by atoms with Crippen LogP contribution in [0.4, 0.5) is 0 Å². The Morgan fingerprint density at radius 1 is 1.10 bits per heavy atom. The highest BCUT2D eigenvalue weighted by Crippen LogP contribution is 2.40. The fourth-order valence-corrected chi connectivity index (χ4v) is 4.09. The number of ether oxygens (including phenoxy) is 1. The van der Waals surface area contributed by atoms with Gasteiger partial charge in [0.2, 0.25) is 0 Å². The fraction of sp³-hybridized carbons (Fsp3) is 0.167. The van der Waals surface area contributed by atoms with E-state index in [1.54, 1.807) is 12.4 Å². The zero-order chi connectivity index (χ0) is 19.8. The zero-order valence-electron chi connectivity index (χ0n) is 16.1. The average Bonchev–Trinajstić information content (AvgIpc) is 3.19. The van der Waals surface area contributed by atoms with E-state index in [-0.39, 0.29) is 5.91 Å². The molecule has 5 nitrogen and oxygen atoms in total. The molecule has 29 heavy (non-hydrogen) atoms. The molecule has 0 unspecified atom stereocenters. The van der Waals surface area contributed by atoms with Crippen molar-refractivity contribution >= 4 is 16.8 Å². The Morgan fingerprint density at radius 3 is 2.79 bits per heavy atom. The molecule has 3 heterocycles. The molecular weight excluding hydrogens is 362 g/mol. The molecule has 1 atom stereocenters. The number of hydrogen-bond donors (Lipinski definition) is 2. The number of H-pyrrole nitrogens is 1. The molecule has 0 fully saturated rings. The number of hydrogen-bond acceptors (Lipinski definition) is 3. The Labute approximate surface area is 168 Å². The largest absolute Gasteiger partial charge is 0.491 e. The predicted octanol–water partition coefficient (Wildman–Crippen LogP) is 4.33. The van der Waals surface area contributed by atoms with Gasteiger partial charge >= 0.3 is 0 Å². The van der Waals surface area contributed by atoms with Crippen LogP contribution in [-0.2, 0) is 5.54 Å². The summed E-state index contributed by atoms with van der Waals surface area (Å²) < 4.78 is 5.85. The van der Waals surface area contributed by atoms with E-state index in [4.69, 9.17) is 4.74 Å². The Balaban J connectivity index is 1.64. The van der Waals surface area contributed by atoms with Gasteiger partial charge in [0.25, 0.3) is 5.91 Å². The highest BCUT2D eigenvalue weighted by molar-refractivity contribution is 6.07. The summed E-state index contributed by atoms with van der Waals surface area (Å²) in [5.74, 6) is 0.570. The van der Waals surface area contributed by atoms with Crippen LogP contribution in [0.5, 0.6) is 5.75 Å². The van der Waals surface area contributed by atoms with Gasteiger partial charge in [0.05, 0.1) is 12.2 Å². The molecule has 1 aliphatic heterocycles. The lowest BCUT2D eigenvalue weighted by Crippen LogP contribution is -2.50. The molecule has 1 amide bonds. The Bertz CT molecular complexity index is 1200. The van der Waals surface area contributed by atoms with E-state index in [2.05, 4.69) is 46.5 Å². The summed E-state index contributed by atoms with van der Waals surface area (Å²) in [7, 11) is 0. The standard InChI is InChI=1S/C24H21N3O2/c1-16-8-10-17(11-9-16)24(12-14-29-21-7-4-13-25-22(21)24)27-23(28)19-15-26-20-6-3-2-5-18(19)20/h2-11,13,15,26H,12,14H2,1H3,(H,27,28)/t24-/m0/s1. The van der Waals surface area contributed by atoms with E-state index in [1.165, 1.54) is 5.56 Å². The van der Waals surface area contributed by atoms with Crippen LogP contribution < -0.4 is 10.1 Å². The minimum Gasteiger partial charge on any atom is -0.491 e. The summed E-state index contributed by atoms with van der Waals surface area (Å²) in [5, 5.41) is 4.22. The quantitative estimate of drug-likeness (QED) is 0.553. The lowest BCUT2D eigenvalue weighted by molar-refractivity contribution is 0.0885. The van der Waals surface area contributed by atoms with Crippen molar-refractivity contribution < 1.29 is 9.53 Å². The third-order valence-corrected chi connectivity index (χ3v) is 5.61. The Kier molecular flexibility index (Phi) is 4.09.